The Kier molecular flexibility index (Phi) is 5.05. The quantitative estimate of drug-likeness (QED) is 0.836. The maximum absolute atomic E-state index is 13.2. The lowest BCUT2D eigenvalue weighted by atomic mass is 10.2. The average Bonchev–Trinajstić information content (AvgIpc) is 2.50. The minimum absolute atomic E-state index is 0.0516. The van der Waals surface area contributed by atoms with Gasteiger partial charge in [0.05, 0.1) is 17.0 Å². The van der Waals surface area contributed by atoms with Crippen LogP contribution >= 0.6 is 11.6 Å². The van der Waals surface area contributed by atoms with Gasteiger partial charge in [0.1, 0.15) is 11.6 Å². The van der Waals surface area contributed by atoms with Gasteiger partial charge in [0, 0.05) is 13.6 Å². The highest BCUT2D eigenvalue weighted by Crippen LogP contribution is 2.23. The molecule has 0 spiro atoms. The van der Waals surface area contributed by atoms with Gasteiger partial charge in [-0.3, -0.25) is 0 Å². The van der Waals surface area contributed by atoms with Crippen molar-refractivity contribution in [1.29, 1.82) is 0 Å². The number of hydrogen-bond donors (Lipinski definition) is 0. The smallest absolute Gasteiger partial charge is 0.243 e. The van der Waals surface area contributed by atoms with E-state index < -0.39 is 15.8 Å². The van der Waals surface area contributed by atoms with E-state index in [1.165, 1.54) is 17.4 Å². The van der Waals surface area contributed by atoms with E-state index in [0.29, 0.717) is 5.75 Å². The minimum atomic E-state index is -3.75. The molecule has 0 aliphatic rings. The molecule has 2 aromatic rings. The lowest BCUT2D eigenvalue weighted by Gasteiger charge is -2.18. The monoisotopic (exact) mass is 343 g/mol. The topological polar surface area (TPSA) is 46.6 Å². The van der Waals surface area contributed by atoms with Crippen LogP contribution in [0.15, 0.2) is 47.4 Å². The fourth-order valence-corrected chi connectivity index (χ4v) is 3.36. The summed E-state index contributed by atoms with van der Waals surface area (Å²) in [5.74, 6) is -0.0100. The molecule has 0 aliphatic heterocycles. The Balaban J connectivity index is 2.26. The number of methoxy groups -OCH3 is 1. The molecule has 0 unspecified atom stereocenters. The maximum Gasteiger partial charge on any atom is 0.243 e. The van der Waals surface area contributed by atoms with Crippen LogP contribution in [0, 0.1) is 5.82 Å². The molecular formula is C15H15ClFNO3S. The number of rotatable bonds is 5. The van der Waals surface area contributed by atoms with Crippen molar-refractivity contribution in [1.82, 2.24) is 4.31 Å². The summed E-state index contributed by atoms with van der Waals surface area (Å²) >= 11 is 5.65. The molecular weight excluding hydrogens is 329 g/mol. The largest absolute Gasteiger partial charge is 0.497 e. The molecule has 22 heavy (non-hydrogen) atoms. The number of nitrogens with zero attached hydrogens (tertiary/aromatic N) is 1. The summed E-state index contributed by atoms with van der Waals surface area (Å²) in [5.41, 5.74) is 0.777. The molecule has 0 bridgehead atoms. The zero-order chi connectivity index (χ0) is 16.3. The van der Waals surface area contributed by atoms with Gasteiger partial charge in [0.2, 0.25) is 10.0 Å². The molecule has 0 saturated carbocycles. The Bertz CT molecular complexity index is 780. The van der Waals surface area contributed by atoms with Gasteiger partial charge in [0.25, 0.3) is 0 Å². The highest BCUT2D eigenvalue weighted by atomic mass is 35.5. The molecule has 7 heteroatoms. The van der Waals surface area contributed by atoms with Crippen LogP contribution in [0.25, 0.3) is 0 Å². The van der Waals surface area contributed by atoms with Crippen LogP contribution < -0.4 is 4.74 Å². The van der Waals surface area contributed by atoms with Crippen LogP contribution in [-0.2, 0) is 16.6 Å². The van der Waals surface area contributed by atoms with Crippen molar-refractivity contribution in [2.45, 2.75) is 11.4 Å². The van der Waals surface area contributed by atoms with E-state index in [-0.39, 0.29) is 16.5 Å². The molecule has 0 saturated heterocycles. The van der Waals surface area contributed by atoms with E-state index in [4.69, 9.17) is 16.3 Å². The first kappa shape index (κ1) is 16.7. The first-order valence-corrected chi connectivity index (χ1v) is 8.20. The van der Waals surface area contributed by atoms with Crippen LogP contribution in [0.4, 0.5) is 4.39 Å². The summed E-state index contributed by atoms with van der Waals surface area (Å²) in [6, 6.07) is 10.4. The number of hydrogen-bond acceptors (Lipinski definition) is 3. The van der Waals surface area contributed by atoms with Crippen molar-refractivity contribution in [3.63, 3.8) is 0 Å². The average molecular weight is 344 g/mol. The Hall–Kier alpha value is -1.63. The van der Waals surface area contributed by atoms with Crippen molar-refractivity contribution in [3.8, 4) is 5.75 Å². The highest BCUT2D eigenvalue weighted by molar-refractivity contribution is 7.89. The third-order valence-corrected chi connectivity index (χ3v) is 5.23. The Labute approximate surface area is 134 Å². The van der Waals surface area contributed by atoms with Crippen molar-refractivity contribution < 1.29 is 17.5 Å². The van der Waals surface area contributed by atoms with Gasteiger partial charge < -0.3 is 4.74 Å². The highest BCUT2D eigenvalue weighted by Gasteiger charge is 2.22. The van der Waals surface area contributed by atoms with E-state index in [1.807, 2.05) is 0 Å². The third kappa shape index (κ3) is 3.58. The number of sulfonamides is 1. The van der Waals surface area contributed by atoms with Gasteiger partial charge in [-0.2, -0.15) is 4.31 Å². The normalized spacial score (nSPS) is 11.7. The van der Waals surface area contributed by atoms with E-state index in [0.717, 1.165) is 17.7 Å². The molecule has 118 valence electrons. The van der Waals surface area contributed by atoms with Crippen LogP contribution in [0.2, 0.25) is 5.02 Å². The fraction of sp³-hybridized carbons (Fsp3) is 0.200. The maximum atomic E-state index is 13.2. The van der Waals surface area contributed by atoms with Crippen LogP contribution in [0.5, 0.6) is 5.75 Å². The SMILES string of the molecule is COc1cccc(CN(C)S(=O)(=O)c2ccc(F)c(Cl)c2)c1. The fourth-order valence-electron chi connectivity index (χ4n) is 1.93. The zero-order valence-electron chi connectivity index (χ0n) is 12.1. The van der Waals surface area contributed by atoms with Crippen LogP contribution in [-0.4, -0.2) is 26.9 Å². The predicted molar refractivity (Wildman–Crippen MR) is 83.1 cm³/mol. The second kappa shape index (κ2) is 6.64. The van der Waals surface area contributed by atoms with Gasteiger partial charge in [-0.05, 0) is 35.9 Å². The second-order valence-electron chi connectivity index (χ2n) is 4.69. The molecule has 2 aromatic carbocycles. The Morgan fingerprint density at radius 2 is 1.95 bits per heavy atom. The summed E-state index contributed by atoms with van der Waals surface area (Å²) in [6.07, 6.45) is 0. The summed E-state index contributed by atoms with van der Waals surface area (Å²) in [4.78, 5) is -0.0516. The molecule has 0 atom stereocenters. The Morgan fingerprint density at radius 3 is 2.59 bits per heavy atom. The number of benzene rings is 2. The second-order valence-corrected chi connectivity index (χ2v) is 7.14. The summed E-state index contributed by atoms with van der Waals surface area (Å²) in [5, 5.41) is -0.226. The van der Waals surface area contributed by atoms with Crippen molar-refractivity contribution in [3.05, 3.63) is 58.9 Å². The molecule has 4 nitrogen and oxygen atoms in total. The van der Waals surface area contributed by atoms with E-state index in [2.05, 4.69) is 0 Å². The predicted octanol–water partition coefficient (Wildman–Crippen LogP) is 3.31. The van der Waals surface area contributed by atoms with Crippen molar-refractivity contribution in [2.24, 2.45) is 0 Å². The zero-order valence-corrected chi connectivity index (χ0v) is 13.7. The van der Waals surface area contributed by atoms with Gasteiger partial charge >= 0.3 is 0 Å². The molecule has 0 heterocycles. The number of halogens is 2. The molecule has 0 amide bonds. The van der Waals surface area contributed by atoms with E-state index in [1.54, 1.807) is 31.4 Å². The van der Waals surface area contributed by atoms with Crippen LogP contribution in [0.1, 0.15) is 5.56 Å². The lowest BCUT2D eigenvalue weighted by Crippen LogP contribution is -2.26. The van der Waals surface area contributed by atoms with Crippen LogP contribution in [0.3, 0.4) is 0 Å². The molecule has 0 aliphatic carbocycles. The minimum Gasteiger partial charge on any atom is -0.497 e. The third-order valence-electron chi connectivity index (χ3n) is 3.14. The van der Waals surface area contributed by atoms with E-state index in [9.17, 15) is 12.8 Å². The lowest BCUT2D eigenvalue weighted by molar-refractivity contribution is 0.412. The van der Waals surface area contributed by atoms with Crippen molar-refractivity contribution in [2.75, 3.05) is 14.2 Å². The van der Waals surface area contributed by atoms with Gasteiger partial charge in [-0.25, -0.2) is 12.8 Å². The van der Waals surface area contributed by atoms with Gasteiger partial charge in [-0.1, -0.05) is 23.7 Å². The standard InChI is InChI=1S/C15H15ClFNO3S/c1-18(10-11-4-3-5-12(8-11)21-2)22(19,20)13-6-7-15(17)14(16)9-13/h3-9H,10H2,1-2H3. The van der Waals surface area contributed by atoms with Gasteiger partial charge in [-0.15, -0.1) is 0 Å². The molecule has 0 N–H and O–H groups in total. The molecule has 0 aromatic heterocycles. The molecule has 0 radical (unpaired) electrons. The van der Waals surface area contributed by atoms with Gasteiger partial charge in [0.15, 0.2) is 0 Å². The summed E-state index contributed by atoms with van der Waals surface area (Å²) < 4.78 is 44.4. The molecule has 2 rings (SSSR count). The first-order chi connectivity index (χ1) is 10.3. The Morgan fingerprint density at radius 1 is 1.23 bits per heavy atom. The van der Waals surface area contributed by atoms with Crippen molar-refractivity contribution >= 4 is 21.6 Å². The summed E-state index contributed by atoms with van der Waals surface area (Å²) in [6.45, 7) is 0.161. The van der Waals surface area contributed by atoms with E-state index >= 15 is 0 Å². The molecule has 0 fully saturated rings. The first-order valence-electron chi connectivity index (χ1n) is 6.39. The number of ether oxygens (including phenoxy) is 1. The summed E-state index contributed by atoms with van der Waals surface area (Å²) in [7, 11) is -0.762.